The second-order valence-corrected chi connectivity index (χ2v) is 16.8. The first-order valence-corrected chi connectivity index (χ1v) is 19.9. The van der Waals surface area contributed by atoms with Crippen molar-refractivity contribution in [2.24, 2.45) is 23.7 Å². The first-order chi connectivity index (χ1) is 25.7. The highest BCUT2D eigenvalue weighted by Gasteiger charge is 2.51. The van der Waals surface area contributed by atoms with Crippen molar-refractivity contribution >= 4 is 23.8 Å². The van der Waals surface area contributed by atoms with E-state index in [9.17, 15) is 19.8 Å². The number of rotatable bonds is 11. The van der Waals surface area contributed by atoms with Crippen molar-refractivity contribution in [2.75, 3.05) is 5.75 Å². The summed E-state index contributed by atoms with van der Waals surface area (Å²) in [6.45, 7) is 2.56. The third-order valence-corrected chi connectivity index (χ3v) is 13.1. The predicted molar refractivity (Wildman–Crippen MR) is 205 cm³/mol. The SMILES string of the molecule is C[C@H]1[C@@H](CSc2ccc(C(=O)O)cc2)O[C@@H](c2ccc(-c3ccccc3CNC(=O)NC34CC5CC(CC(C5)C3)C4)cc2)O[C@H]1c1ccc(CO)cc1. The Bertz CT molecular complexity index is 1880. The predicted octanol–water partition coefficient (Wildman–Crippen LogP) is 8.90. The number of thioether (sulfide) groups is 1. The minimum Gasteiger partial charge on any atom is -0.478 e. The maximum Gasteiger partial charge on any atom is 0.335 e. The lowest BCUT2D eigenvalue weighted by molar-refractivity contribution is -0.268. The molecule has 2 amide bonds. The minimum atomic E-state index is -0.943. The van der Waals surface area contributed by atoms with E-state index in [-0.39, 0.29) is 41.9 Å². The summed E-state index contributed by atoms with van der Waals surface area (Å²) in [5, 5.41) is 25.5. The number of carboxylic acids is 1. The molecule has 4 aromatic rings. The van der Waals surface area contributed by atoms with Gasteiger partial charge in [0.2, 0.25) is 0 Å². The van der Waals surface area contributed by atoms with Gasteiger partial charge in [0.25, 0.3) is 0 Å². The number of aliphatic hydroxyl groups excluding tert-OH is 1. The highest BCUT2D eigenvalue weighted by Crippen LogP contribution is 2.55. The number of hydrogen-bond donors (Lipinski definition) is 4. The topological polar surface area (TPSA) is 117 Å². The van der Waals surface area contributed by atoms with Gasteiger partial charge in [-0.15, -0.1) is 11.8 Å². The van der Waals surface area contributed by atoms with Gasteiger partial charge >= 0.3 is 12.0 Å². The molecule has 1 heterocycles. The molecule has 0 radical (unpaired) electrons. The molecule has 4 aromatic carbocycles. The molecule has 0 unspecified atom stereocenters. The Labute approximate surface area is 315 Å². The lowest BCUT2D eigenvalue weighted by Gasteiger charge is -2.56. The molecule has 5 fully saturated rings. The van der Waals surface area contributed by atoms with Crippen molar-refractivity contribution in [1.82, 2.24) is 10.6 Å². The number of hydrogen-bond acceptors (Lipinski definition) is 6. The van der Waals surface area contributed by atoms with Crippen LogP contribution in [0.4, 0.5) is 4.79 Å². The summed E-state index contributed by atoms with van der Waals surface area (Å²) >= 11 is 1.63. The molecule has 53 heavy (non-hydrogen) atoms. The number of amides is 2. The zero-order valence-corrected chi connectivity index (χ0v) is 30.9. The second-order valence-electron chi connectivity index (χ2n) is 15.7. The van der Waals surface area contributed by atoms with E-state index < -0.39 is 12.3 Å². The molecule has 276 valence electrons. The van der Waals surface area contributed by atoms with Gasteiger partial charge in [-0.05, 0) is 108 Å². The summed E-state index contributed by atoms with van der Waals surface area (Å²) in [6.07, 6.45) is 6.42. The Hall–Kier alpha value is -4.15. The molecule has 1 saturated heterocycles. The number of nitrogens with one attached hydrogen (secondary N) is 2. The third-order valence-electron chi connectivity index (χ3n) is 12.0. The van der Waals surface area contributed by atoms with Crippen molar-refractivity contribution in [1.29, 1.82) is 0 Å². The summed E-state index contributed by atoms with van der Waals surface area (Å²) in [5.41, 5.74) is 6.18. The van der Waals surface area contributed by atoms with Crippen LogP contribution in [-0.2, 0) is 22.6 Å². The van der Waals surface area contributed by atoms with Crippen molar-refractivity contribution < 1.29 is 29.3 Å². The van der Waals surface area contributed by atoms with Crippen LogP contribution in [0.3, 0.4) is 0 Å². The summed E-state index contributed by atoms with van der Waals surface area (Å²) in [7, 11) is 0. The average molecular weight is 733 g/mol. The molecule has 0 aromatic heterocycles. The van der Waals surface area contributed by atoms with Crippen molar-refractivity contribution in [3.8, 4) is 11.1 Å². The molecule has 9 heteroatoms. The molecule has 4 N–H and O–H groups in total. The number of benzene rings is 4. The van der Waals surface area contributed by atoms with Gasteiger partial charge in [-0.3, -0.25) is 0 Å². The molecule has 4 atom stereocenters. The van der Waals surface area contributed by atoms with E-state index >= 15 is 0 Å². The van der Waals surface area contributed by atoms with Crippen LogP contribution in [0.2, 0.25) is 0 Å². The van der Waals surface area contributed by atoms with Crippen LogP contribution < -0.4 is 10.6 Å². The van der Waals surface area contributed by atoms with E-state index in [0.717, 1.165) is 75.3 Å². The zero-order valence-electron chi connectivity index (χ0n) is 30.1. The summed E-state index contributed by atoms with van der Waals surface area (Å²) in [4.78, 5) is 25.6. The fraction of sp³-hybridized carbons (Fsp3) is 0.409. The van der Waals surface area contributed by atoms with Crippen LogP contribution in [0.1, 0.15) is 90.5 Å². The van der Waals surface area contributed by atoms with E-state index in [2.05, 4.69) is 54.0 Å². The van der Waals surface area contributed by atoms with E-state index in [1.165, 1.54) is 19.3 Å². The third kappa shape index (κ3) is 7.90. The summed E-state index contributed by atoms with van der Waals surface area (Å²) < 4.78 is 13.4. The smallest absolute Gasteiger partial charge is 0.335 e. The Morgan fingerprint density at radius 1 is 0.811 bits per heavy atom. The first kappa shape index (κ1) is 35.9. The van der Waals surface area contributed by atoms with Crippen LogP contribution >= 0.6 is 11.8 Å². The normalized spacial score (nSPS) is 28.8. The van der Waals surface area contributed by atoms with E-state index in [0.29, 0.717) is 12.3 Å². The number of carbonyl (C=O) groups excluding carboxylic acids is 1. The van der Waals surface area contributed by atoms with Crippen molar-refractivity contribution in [3.63, 3.8) is 0 Å². The average Bonchev–Trinajstić information content (AvgIpc) is 3.16. The van der Waals surface area contributed by atoms with Crippen LogP contribution in [-0.4, -0.2) is 39.6 Å². The van der Waals surface area contributed by atoms with Crippen molar-refractivity contribution in [3.05, 3.63) is 125 Å². The van der Waals surface area contributed by atoms with Crippen LogP contribution in [0.15, 0.2) is 102 Å². The van der Waals surface area contributed by atoms with Gasteiger partial charge in [0.05, 0.1) is 24.4 Å². The summed E-state index contributed by atoms with van der Waals surface area (Å²) in [6, 6.07) is 31.3. The number of aromatic carboxylic acids is 1. The monoisotopic (exact) mass is 732 g/mol. The summed E-state index contributed by atoms with van der Waals surface area (Å²) in [5.74, 6) is 2.07. The number of urea groups is 1. The first-order valence-electron chi connectivity index (χ1n) is 19.0. The molecular weight excluding hydrogens is 685 g/mol. The fourth-order valence-electron chi connectivity index (χ4n) is 9.68. The van der Waals surface area contributed by atoms with Gasteiger partial charge < -0.3 is 30.3 Å². The lowest BCUT2D eigenvalue weighted by Crippen LogP contribution is -2.61. The standard InChI is InChI=1S/C44H48N2O6S/c1-27-39(26-53-37-16-14-34(15-17-37)41(48)49)51-42(52-40(27)33-8-6-28(25-47)7-9-33)35-12-10-32(11-13-35)38-5-3-2-4-36(38)24-45-43(50)46-44-21-29-18-30(22-44)20-31(19-29)23-44/h2-17,27,29-31,39-40,42,47H,18-26H2,1H3,(H,48,49)(H2,45,46,50)/t27-,29?,30?,31?,39+,40+,42+,44?/m0/s1. The molecule has 5 aliphatic rings. The molecule has 4 aliphatic carbocycles. The maximum absolute atomic E-state index is 13.3. The van der Waals surface area contributed by atoms with E-state index in [1.807, 2.05) is 48.5 Å². The molecule has 1 aliphatic heterocycles. The van der Waals surface area contributed by atoms with Crippen LogP contribution in [0.5, 0.6) is 0 Å². The fourth-order valence-corrected chi connectivity index (χ4v) is 10.7. The quantitative estimate of drug-likeness (QED) is 0.114. The van der Waals surface area contributed by atoms with Gasteiger partial charge in [-0.1, -0.05) is 79.7 Å². The maximum atomic E-state index is 13.3. The minimum absolute atomic E-state index is 0.0202. The number of carbonyl (C=O) groups is 2. The number of aliphatic hydroxyl groups is 1. The molecule has 4 bridgehead atoms. The highest BCUT2D eigenvalue weighted by atomic mass is 32.2. The zero-order chi connectivity index (χ0) is 36.5. The molecule has 0 spiro atoms. The van der Waals surface area contributed by atoms with Crippen LogP contribution in [0.25, 0.3) is 11.1 Å². The lowest BCUT2D eigenvalue weighted by atomic mass is 9.53. The largest absolute Gasteiger partial charge is 0.478 e. The molecule has 8 nitrogen and oxygen atoms in total. The molecule has 4 saturated carbocycles. The Morgan fingerprint density at radius 2 is 1.45 bits per heavy atom. The number of ether oxygens (including phenoxy) is 2. The Balaban J connectivity index is 0.961. The van der Waals surface area contributed by atoms with Gasteiger partial charge in [-0.2, -0.15) is 0 Å². The molecular formula is C44H48N2O6S. The van der Waals surface area contributed by atoms with Gasteiger partial charge in [0.15, 0.2) is 6.29 Å². The Morgan fingerprint density at radius 3 is 2.09 bits per heavy atom. The van der Waals surface area contributed by atoms with Crippen molar-refractivity contribution in [2.45, 2.75) is 87.5 Å². The number of carboxylic acid groups (broad SMARTS) is 1. The highest BCUT2D eigenvalue weighted by molar-refractivity contribution is 7.99. The molecule has 9 rings (SSSR count). The van der Waals surface area contributed by atoms with Gasteiger partial charge in [-0.25, -0.2) is 9.59 Å². The van der Waals surface area contributed by atoms with Gasteiger partial charge in [0, 0.05) is 34.2 Å². The van der Waals surface area contributed by atoms with Gasteiger partial charge in [0.1, 0.15) is 0 Å². The van der Waals surface area contributed by atoms with E-state index in [1.54, 1.807) is 23.9 Å². The van der Waals surface area contributed by atoms with E-state index in [4.69, 9.17) is 9.47 Å². The van der Waals surface area contributed by atoms with Crippen LogP contribution in [0, 0.1) is 23.7 Å². The second kappa shape index (κ2) is 15.3. The Kier molecular flexibility index (Phi) is 10.4.